The van der Waals surface area contributed by atoms with Crippen molar-refractivity contribution >= 4 is 11.7 Å². The summed E-state index contributed by atoms with van der Waals surface area (Å²) >= 11 is 0. The van der Waals surface area contributed by atoms with Gasteiger partial charge in [-0.25, -0.2) is 4.98 Å². The molecule has 3 rings (SSSR count). The van der Waals surface area contributed by atoms with E-state index in [1.165, 1.54) is 0 Å². The topological polar surface area (TPSA) is 58.1 Å². The van der Waals surface area contributed by atoms with Crippen LogP contribution in [0.3, 0.4) is 0 Å². The Balaban J connectivity index is 1.58. The Morgan fingerprint density at radius 1 is 1.19 bits per heavy atom. The van der Waals surface area contributed by atoms with Crippen LogP contribution < -0.4 is 10.2 Å². The van der Waals surface area contributed by atoms with Crippen molar-refractivity contribution in [3.05, 3.63) is 66.1 Å². The van der Waals surface area contributed by atoms with Gasteiger partial charge >= 0.3 is 0 Å². The third kappa shape index (κ3) is 4.91. The predicted octanol–water partition coefficient (Wildman–Crippen LogP) is 3.13. The summed E-state index contributed by atoms with van der Waals surface area (Å²) < 4.78 is 0. The summed E-state index contributed by atoms with van der Waals surface area (Å²) in [7, 11) is 2.03. The minimum Gasteiger partial charge on any atom is -0.359 e. The molecule has 0 spiro atoms. The highest BCUT2D eigenvalue weighted by molar-refractivity contribution is 5.79. The fourth-order valence-electron chi connectivity index (χ4n) is 3.20. The second kappa shape index (κ2) is 9.13. The molecule has 2 heterocycles. The van der Waals surface area contributed by atoms with E-state index < -0.39 is 0 Å². The molecule has 26 heavy (non-hydrogen) atoms. The summed E-state index contributed by atoms with van der Waals surface area (Å²) in [5.41, 5.74) is 2.10. The van der Waals surface area contributed by atoms with Gasteiger partial charge in [-0.05, 0) is 37.5 Å². The first-order valence-electron chi connectivity index (χ1n) is 9.21. The Bertz CT molecular complexity index is 745. The number of anilines is 1. The number of rotatable bonds is 7. The molecule has 2 aromatic rings. The zero-order valence-corrected chi connectivity index (χ0v) is 15.3. The van der Waals surface area contributed by atoms with E-state index in [0.717, 1.165) is 49.3 Å². The van der Waals surface area contributed by atoms with Crippen molar-refractivity contribution in [3.8, 4) is 0 Å². The first-order valence-corrected chi connectivity index (χ1v) is 9.21. The molecule has 0 saturated carbocycles. The van der Waals surface area contributed by atoms with Crippen molar-refractivity contribution in [2.45, 2.75) is 32.2 Å². The van der Waals surface area contributed by atoms with Crippen molar-refractivity contribution in [1.82, 2.24) is 15.3 Å². The van der Waals surface area contributed by atoms with Crippen LogP contribution in [0.4, 0.5) is 5.82 Å². The van der Waals surface area contributed by atoms with E-state index in [0.29, 0.717) is 6.54 Å². The van der Waals surface area contributed by atoms with Crippen molar-refractivity contribution in [2.24, 2.45) is 5.92 Å². The van der Waals surface area contributed by atoms with Crippen LogP contribution in [0.5, 0.6) is 0 Å². The van der Waals surface area contributed by atoms with E-state index >= 15 is 0 Å². The summed E-state index contributed by atoms with van der Waals surface area (Å²) in [6.07, 6.45) is 11.5. The second-order valence-corrected chi connectivity index (χ2v) is 6.68. The lowest BCUT2D eigenvalue weighted by atomic mass is 9.93. The third-order valence-corrected chi connectivity index (χ3v) is 4.75. The van der Waals surface area contributed by atoms with Gasteiger partial charge in [0.1, 0.15) is 5.82 Å². The highest BCUT2D eigenvalue weighted by Crippen LogP contribution is 2.20. The maximum Gasteiger partial charge on any atom is 0.223 e. The molecule has 1 aliphatic carbocycles. The third-order valence-electron chi connectivity index (χ3n) is 4.75. The molecule has 0 saturated heterocycles. The van der Waals surface area contributed by atoms with E-state index in [1.807, 2.05) is 43.6 Å². The van der Waals surface area contributed by atoms with Crippen molar-refractivity contribution < 1.29 is 4.79 Å². The Kier molecular flexibility index (Phi) is 6.36. The maximum atomic E-state index is 12.4. The largest absolute Gasteiger partial charge is 0.359 e. The van der Waals surface area contributed by atoms with Gasteiger partial charge < -0.3 is 10.2 Å². The molecule has 1 atom stereocenters. The minimum atomic E-state index is 0.0991. The summed E-state index contributed by atoms with van der Waals surface area (Å²) in [6, 6.07) is 9.91. The summed E-state index contributed by atoms with van der Waals surface area (Å²) in [5.74, 6) is 1.15. The quantitative estimate of drug-likeness (QED) is 0.780. The SMILES string of the molecule is CN(CCc1ccccn1)c1ncccc1CNC(=O)C1CC=CCC1. The fourth-order valence-corrected chi connectivity index (χ4v) is 3.20. The summed E-state index contributed by atoms with van der Waals surface area (Å²) in [6.45, 7) is 1.33. The van der Waals surface area contributed by atoms with Crippen LogP contribution in [0.15, 0.2) is 54.9 Å². The maximum absolute atomic E-state index is 12.4. The molecule has 0 aliphatic heterocycles. The summed E-state index contributed by atoms with van der Waals surface area (Å²) in [5, 5.41) is 3.09. The Labute approximate surface area is 155 Å². The van der Waals surface area contributed by atoms with E-state index in [2.05, 4.69) is 32.3 Å². The van der Waals surface area contributed by atoms with Crippen molar-refractivity contribution in [2.75, 3.05) is 18.5 Å². The van der Waals surface area contributed by atoms with Gasteiger partial charge in [0.25, 0.3) is 0 Å². The number of carbonyl (C=O) groups is 1. The number of pyridine rings is 2. The van der Waals surface area contributed by atoms with Crippen LogP contribution in [0.1, 0.15) is 30.5 Å². The first kappa shape index (κ1) is 18.1. The molecule has 5 heteroatoms. The normalized spacial score (nSPS) is 16.3. The van der Waals surface area contributed by atoms with Crippen LogP contribution in [-0.4, -0.2) is 29.5 Å². The average molecular weight is 350 g/mol. The molecule has 1 aliphatic rings. The first-order chi connectivity index (χ1) is 12.7. The molecule has 1 N–H and O–H groups in total. The number of amides is 1. The van der Waals surface area contributed by atoms with Gasteiger partial charge in [-0.3, -0.25) is 9.78 Å². The second-order valence-electron chi connectivity index (χ2n) is 6.68. The molecule has 0 aromatic carbocycles. The number of nitrogens with one attached hydrogen (secondary N) is 1. The van der Waals surface area contributed by atoms with Gasteiger partial charge in [0, 0.05) is 56.1 Å². The molecule has 1 amide bonds. The zero-order chi connectivity index (χ0) is 18.2. The van der Waals surface area contributed by atoms with Gasteiger partial charge in [-0.2, -0.15) is 0 Å². The van der Waals surface area contributed by atoms with Crippen LogP contribution in [0.25, 0.3) is 0 Å². The number of hydrogen-bond donors (Lipinski definition) is 1. The van der Waals surface area contributed by atoms with E-state index in [9.17, 15) is 4.79 Å². The van der Waals surface area contributed by atoms with E-state index in [4.69, 9.17) is 0 Å². The number of carbonyl (C=O) groups excluding carboxylic acids is 1. The van der Waals surface area contributed by atoms with Crippen LogP contribution in [-0.2, 0) is 17.8 Å². The molecule has 136 valence electrons. The molecule has 0 radical (unpaired) electrons. The predicted molar refractivity (Wildman–Crippen MR) is 104 cm³/mol. The minimum absolute atomic E-state index is 0.0991. The van der Waals surface area contributed by atoms with Gasteiger partial charge in [0.2, 0.25) is 5.91 Å². The zero-order valence-electron chi connectivity index (χ0n) is 15.3. The lowest BCUT2D eigenvalue weighted by Gasteiger charge is -2.22. The molecule has 0 bridgehead atoms. The lowest BCUT2D eigenvalue weighted by Crippen LogP contribution is -2.32. The summed E-state index contributed by atoms with van der Waals surface area (Å²) in [4.78, 5) is 23.4. The van der Waals surface area contributed by atoms with Crippen LogP contribution in [0.2, 0.25) is 0 Å². The average Bonchev–Trinajstić information content (AvgIpc) is 2.72. The Morgan fingerprint density at radius 3 is 2.85 bits per heavy atom. The van der Waals surface area contributed by atoms with Crippen LogP contribution >= 0.6 is 0 Å². The van der Waals surface area contributed by atoms with Crippen molar-refractivity contribution in [1.29, 1.82) is 0 Å². The highest BCUT2D eigenvalue weighted by atomic mass is 16.1. The number of likely N-dealkylation sites (N-methyl/N-ethyl adjacent to an activating group) is 1. The van der Waals surface area contributed by atoms with E-state index in [1.54, 1.807) is 6.20 Å². The fraction of sp³-hybridized carbons (Fsp3) is 0.381. The van der Waals surface area contributed by atoms with Gasteiger partial charge in [-0.15, -0.1) is 0 Å². The molecular weight excluding hydrogens is 324 g/mol. The van der Waals surface area contributed by atoms with Crippen LogP contribution in [0, 0.1) is 5.92 Å². The van der Waals surface area contributed by atoms with Gasteiger partial charge in [0.15, 0.2) is 0 Å². The van der Waals surface area contributed by atoms with E-state index in [-0.39, 0.29) is 11.8 Å². The lowest BCUT2D eigenvalue weighted by molar-refractivity contribution is -0.125. The monoisotopic (exact) mass is 350 g/mol. The number of allylic oxidation sites excluding steroid dienone is 2. The molecule has 5 nitrogen and oxygen atoms in total. The van der Waals surface area contributed by atoms with Gasteiger partial charge in [0.05, 0.1) is 0 Å². The molecular formula is C21H26N4O. The number of hydrogen-bond acceptors (Lipinski definition) is 4. The highest BCUT2D eigenvalue weighted by Gasteiger charge is 2.19. The molecule has 0 fully saturated rings. The Hall–Kier alpha value is -2.69. The standard InChI is InChI=1S/C21H26N4O/c1-25(15-12-19-11-5-6-13-22-19)20-18(10-7-14-23-20)16-24-21(26)17-8-3-2-4-9-17/h2-3,5-7,10-11,13-14,17H,4,8-9,12,15-16H2,1H3,(H,24,26). The smallest absolute Gasteiger partial charge is 0.223 e. The Morgan fingerprint density at radius 2 is 2.08 bits per heavy atom. The number of aromatic nitrogens is 2. The molecule has 1 unspecified atom stereocenters. The van der Waals surface area contributed by atoms with Crippen molar-refractivity contribution in [3.63, 3.8) is 0 Å². The van der Waals surface area contributed by atoms with Gasteiger partial charge in [-0.1, -0.05) is 24.3 Å². The number of nitrogens with zero attached hydrogens (tertiary/aromatic N) is 3. The molecule has 2 aromatic heterocycles.